The standard InChI is InChI=1S/C16H16FNO/c1-11(18-15-5-3-14(17)4-6-15)12-2-7-16-13(10-12)8-9-19-16/h2-7,10-11,18H,8-9H2,1H3. The SMILES string of the molecule is CC(Nc1ccc(F)cc1)c1ccc2c(c1)CCO2. The number of hydrogen-bond donors (Lipinski definition) is 1. The van der Waals surface area contributed by atoms with Gasteiger partial charge in [-0.05, 0) is 54.4 Å². The van der Waals surface area contributed by atoms with Crippen LogP contribution >= 0.6 is 0 Å². The number of halogens is 1. The summed E-state index contributed by atoms with van der Waals surface area (Å²) in [7, 11) is 0. The number of fused-ring (bicyclic) bond motifs is 1. The van der Waals surface area contributed by atoms with Gasteiger partial charge in [-0.3, -0.25) is 0 Å². The van der Waals surface area contributed by atoms with Crippen LogP contribution in [0.15, 0.2) is 42.5 Å². The molecule has 0 spiro atoms. The maximum atomic E-state index is 12.9. The molecule has 1 heterocycles. The molecule has 0 saturated heterocycles. The zero-order chi connectivity index (χ0) is 13.2. The second-order valence-corrected chi connectivity index (χ2v) is 4.84. The normalized spacial score (nSPS) is 14.6. The van der Waals surface area contributed by atoms with Crippen molar-refractivity contribution in [2.24, 2.45) is 0 Å². The van der Waals surface area contributed by atoms with E-state index in [0.29, 0.717) is 0 Å². The van der Waals surface area contributed by atoms with Gasteiger partial charge in [-0.1, -0.05) is 6.07 Å². The molecule has 3 rings (SSSR count). The summed E-state index contributed by atoms with van der Waals surface area (Å²) in [6.07, 6.45) is 0.979. The van der Waals surface area contributed by atoms with E-state index in [1.807, 2.05) is 6.07 Å². The Morgan fingerprint density at radius 1 is 1.16 bits per heavy atom. The number of hydrogen-bond acceptors (Lipinski definition) is 2. The number of anilines is 1. The first-order valence-electron chi connectivity index (χ1n) is 6.50. The zero-order valence-corrected chi connectivity index (χ0v) is 10.8. The van der Waals surface area contributed by atoms with Crippen molar-refractivity contribution in [3.63, 3.8) is 0 Å². The first-order chi connectivity index (χ1) is 9.22. The van der Waals surface area contributed by atoms with E-state index in [4.69, 9.17) is 4.74 Å². The minimum absolute atomic E-state index is 0.177. The summed E-state index contributed by atoms with van der Waals surface area (Å²) in [5, 5.41) is 3.37. The van der Waals surface area contributed by atoms with Gasteiger partial charge in [-0.15, -0.1) is 0 Å². The van der Waals surface area contributed by atoms with Gasteiger partial charge in [0.1, 0.15) is 11.6 Å². The van der Waals surface area contributed by atoms with Crippen LogP contribution < -0.4 is 10.1 Å². The molecule has 0 fully saturated rings. The van der Waals surface area contributed by atoms with Gasteiger partial charge in [-0.25, -0.2) is 4.39 Å². The lowest BCUT2D eigenvalue weighted by Gasteiger charge is -2.16. The van der Waals surface area contributed by atoms with E-state index in [9.17, 15) is 4.39 Å². The summed E-state index contributed by atoms with van der Waals surface area (Å²) >= 11 is 0. The number of benzene rings is 2. The highest BCUT2D eigenvalue weighted by molar-refractivity contribution is 5.47. The van der Waals surface area contributed by atoms with E-state index in [0.717, 1.165) is 24.5 Å². The molecule has 1 aliphatic rings. The van der Waals surface area contributed by atoms with E-state index >= 15 is 0 Å². The van der Waals surface area contributed by atoms with Crippen molar-refractivity contribution in [1.29, 1.82) is 0 Å². The molecule has 2 nitrogen and oxygen atoms in total. The lowest BCUT2D eigenvalue weighted by Crippen LogP contribution is -2.06. The smallest absolute Gasteiger partial charge is 0.123 e. The summed E-state index contributed by atoms with van der Waals surface area (Å²) in [6.45, 7) is 2.87. The topological polar surface area (TPSA) is 21.3 Å². The Morgan fingerprint density at radius 2 is 1.95 bits per heavy atom. The average molecular weight is 257 g/mol. The van der Waals surface area contributed by atoms with E-state index in [1.165, 1.54) is 23.3 Å². The van der Waals surface area contributed by atoms with Crippen molar-refractivity contribution in [3.8, 4) is 5.75 Å². The van der Waals surface area contributed by atoms with Gasteiger partial charge < -0.3 is 10.1 Å². The van der Waals surface area contributed by atoms with Gasteiger partial charge in [-0.2, -0.15) is 0 Å². The van der Waals surface area contributed by atoms with Crippen LogP contribution in [-0.2, 0) is 6.42 Å². The quantitative estimate of drug-likeness (QED) is 0.899. The van der Waals surface area contributed by atoms with Crippen LogP contribution in [0.5, 0.6) is 5.75 Å². The molecule has 2 aromatic carbocycles. The Balaban J connectivity index is 1.76. The molecule has 0 saturated carbocycles. The minimum atomic E-state index is -0.215. The third kappa shape index (κ3) is 2.55. The van der Waals surface area contributed by atoms with Gasteiger partial charge >= 0.3 is 0 Å². The Labute approximate surface area is 112 Å². The fourth-order valence-electron chi connectivity index (χ4n) is 2.36. The van der Waals surface area contributed by atoms with Crippen molar-refractivity contribution in [1.82, 2.24) is 0 Å². The molecule has 19 heavy (non-hydrogen) atoms. The molecule has 1 N–H and O–H groups in total. The molecule has 98 valence electrons. The third-order valence-corrected chi connectivity index (χ3v) is 3.44. The van der Waals surface area contributed by atoms with Crippen LogP contribution in [0.4, 0.5) is 10.1 Å². The lowest BCUT2D eigenvalue weighted by atomic mass is 10.0. The first-order valence-corrected chi connectivity index (χ1v) is 6.50. The highest BCUT2D eigenvalue weighted by atomic mass is 19.1. The minimum Gasteiger partial charge on any atom is -0.493 e. The molecule has 0 aliphatic carbocycles. The van der Waals surface area contributed by atoms with E-state index in [-0.39, 0.29) is 11.9 Å². The lowest BCUT2D eigenvalue weighted by molar-refractivity contribution is 0.357. The second-order valence-electron chi connectivity index (χ2n) is 4.84. The maximum absolute atomic E-state index is 12.9. The molecule has 0 amide bonds. The van der Waals surface area contributed by atoms with Crippen LogP contribution in [0, 0.1) is 5.82 Å². The van der Waals surface area contributed by atoms with Crippen LogP contribution in [0.2, 0.25) is 0 Å². The van der Waals surface area contributed by atoms with Gasteiger partial charge in [0.15, 0.2) is 0 Å². The zero-order valence-electron chi connectivity index (χ0n) is 10.8. The highest BCUT2D eigenvalue weighted by Crippen LogP contribution is 2.29. The monoisotopic (exact) mass is 257 g/mol. The largest absolute Gasteiger partial charge is 0.493 e. The van der Waals surface area contributed by atoms with Crippen LogP contribution in [0.3, 0.4) is 0 Å². The predicted octanol–water partition coefficient (Wildman–Crippen LogP) is 3.93. The number of rotatable bonds is 3. The van der Waals surface area contributed by atoms with Gasteiger partial charge in [0.25, 0.3) is 0 Å². The second kappa shape index (κ2) is 4.92. The molecular weight excluding hydrogens is 241 g/mol. The Bertz CT molecular complexity index is 580. The summed E-state index contributed by atoms with van der Waals surface area (Å²) in [4.78, 5) is 0. The van der Waals surface area contributed by atoms with E-state index < -0.39 is 0 Å². The summed E-state index contributed by atoms with van der Waals surface area (Å²) in [5.74, 6) is 0.783. The van der Waals surface area contributed by atoms with E-state index in [1.54, 1.807) is 12.1 Å². The Hall–Kier alpha value is -2.03. The molecule has 1 unspecified atom stereocenters. The maximum Gasteiger partial charge on any atom is 0.123 e. The predicted molar refractivity (Wildman–Crippen MR) is 74.1 cm³/mol. The molecule has 0 bridgehead atoms. The van der Waals surface area contributed by atoms with Crippen molar-refractivity contribution < 1.29 is 9.13 Å². The summed E-state index contributed by atoms with van der Waals surface area (Å²) < 4.78 is 18.4. The summed E-state index contributed by atoms with van der Waals surface area (Å²) in [5.41, 5.74) is 3.41. The van der Waals surface area contributed by atoms with Crippen molar-refractivity contribution in [3.05, 3.63) is 59.4 Å². The molecule has 0 aromatic heterocycles. The van der Waals surface area contributed by atoms with Crippen molar-refractivity contribution in [2.75, 3.05) is 11.9 Å². The highest BCUT2D eigenvalue weighted by Gasteiger charge is 2.14. The van der Waals surface area contributed by atoms with Crippen molar-refractivity contribution >= 4 is 5.69 Å². The number of ether oxygens (including phenoxy) is 1. The molecule has 2 aromatic rings. The van der Waals surface area contributed by atoms with Gasteiger partial charge in [0, 0.05) is 18.2 Å². The van der Waals surface area contributed by atoms with Crippen LogP contribution in [-0.4, -0.2) is 6.61 Å². The van der Waals surface area contributed by atoms with E-state index in [2.05, 4.69) is 24.4 Å². The molecule has 1 aliphatic heterocycles. The molecule has 3 heteroatoms. The fraction of sp³-hybridized carbons (Fsp3) is 0.250. The first kappa shape index (κ1) is 12.0. The third-order valence-electron chi connectivity index (χ3n) is 3.44. The van der Waals surface area contributed by atoms with Crippen LogP contribution in [0.1, 0.15) is 24.1 Å². The summed E-state index contributed by atoms with van der Waals surface area (Å²) in [6, 6.07) is 12.9. The fourth-order valence-corrected chi connectivity index (χ4v) is 2.36. The van der Waals surface area contributed by atoms with Crippen LogP contribution in [0.25, 0.3) is 0 Å². The molecular formula is C16H16FNO. The molecule has 1 atom stereocenters. The van der Waals surface area contributed by atoms with Gasteiger partial charge in [0.2, 0.25) is 0 Å². The van der Waals surface area contributed by atoms with Gasteiger partial charge in [0.05, 0.1) is 6.61 Å². The Kier molecular flexibility index (Phi) is 3.11. The molecule has 0 radical (unpaired) electrons. The Morgan fingerprint density at radius 3 is 2.74 bits per heavy atom. The number of nitrogens with one attached hydrogen (secondary N) is 1. The van der Waals surface area contributed by atoms with Crippen molar-refractivity contribution in [2.45, 2.75) is 19.4 Å². The average Bonchev–Trinajstić information content (AvgIpc) is 2.88.